The van der Waals surface area contributed by atoms with Crippen molar-refractivity contribution in [2.24, 2.45) is 5.92 Å². The van der Waals surface area contributed by atoms with Crippen molar-refractivity contribution in [3.05, 3.63) is 64.7 Å². The fraction of sp³-hybridized carbons (Fsp3) is 0.300. The number of carbonyl (C=O) groups is 2. The maximum absolute atomic E-state index is 12.6. The third kappa shape index (κ3) is 5.61. The number of anilines is 1. The minimum Gasteiger partial charge on any atom is -0.340 e. The predicted molar refractivity (Wildman–Crippen MR) is 102 cm³/mol. The van der Waals surface area contributed by atoms with E-state index in [-0.39, 0.29) is 17.7 Å². The van der Waals surface area contributed by atoms with Crippen molar-refractivity contribution in [3.63, 3.8) is 0 Å². The second-order valence-corrected chi connectivity index (χ2v) is 6.91. The number of benzene rings is 2. The molecular formula is C20H23ClN2O2. The van der Waals surface area contributed by atoms with Gasteiger partial charge in [-0.1, -0.05) is 49.7 Å². The summed E-state index contributed by atoms with van der Waals surface area (Å²) < 4.78 is 0. The lowest BCUT2D eigenvalue weighted by Crippen LogP contribution is -2.44. The molecule has 0 aliphatic rings. The van der Waals surface area contributed by atoms with Crippen LogP contribution in [0.2, 0.25) is 5.02 Å². The van der Waals surface area contributed by atoms with Crippen LogP contribution in [0.15, 0.2) is 48.5 Å². The van der Waals surface area contributed by atoms with Gasteiger partial charge in [0.1, 0.15) is 6.04 Å². The maximum atomic E-state index is 12.6. The Labute approximate surface area is 153 Å². The number of amides is 2. The average Bonchev–Trinajstić information content (AvgIpc) is 2.54. The molecule has 0 aliphatic carbocycles. The zero-order chi connectivity index (χ0) is 18.4. The van der Waals surface area contributed by atoms with E-state index in [1.807, 2.05) is 39.0 Å². The van der Waals surface area contributed by atoms with Crippen LogP contribution in [-0.4, -0.2) is 17.9 Å². The highest BCUT2D eigenvalue weighted by molar-refractivity contribution is 6.30. The summed E-state index contributed by atoms with van der Waals surface area (Å²) in [6.07, 6.45) is 0.546. The van der Waals surface area contributed by atoms with Gasteiger partial charge in [-0.15, -0.1) is 0 Å². The Balaban J connectivity index is 2.13. The Morgan fingerprint density at radius 3 is 2.44 bits per heavy atom. The first-order valence-electron chi connectivity index (χ1n) is 8.29. The fourth-order valence-electron chi connectivity index (χ4n) is 2.56. The Hall–Kier alpha value is -2.33. The lowest BCUT2D eigenvalue weighted by molar-refractivity contribution is -0.118. The van der Waals surface area contributed by atoms with Crippen molar-refractivity contribution in [1.82, 2.24) is 5.32 Å². The number of aryl methyl sites for hydroxylation is 1. The third-order valence-corrected chi connectivity index (χ3v) is 4.05. The molecule has 0 heterocycles. The number of hydrogen-bond acceptors (Lipinski definition) is 2. The van der Waals surface area contributed by atoms with Crippen molar-refractivity contribution in [1.29, 1.82) is 0 Å². The summed E-state index contributed by atoms with van der Waals surface area (Å²) in [5, 5.41) is 6.22. The highest BCUT2D eigenvalue weighted by Gasteiger charge is 2.23. The van der Waals surface area contributed by atoms with Crippen molar-refractivity contribution >= 4 is 29.1 Å². The van der Waals surface area contributed by atoms with Gasteiger partial charge in [0.25, 0.3) is 5.91 Å². The van der Waals surface area contributed by atoms with E-state index >= 15 is 0 Å². The third-order valence-electron chi connectivity index (χ3n) is 3.81. The molecule has 0 spiro atoms. The van der Waals surface area contributed by atoms with Crippen LogP contribution in [0.4, 0.5) is 5.69 Å². The summed E-state index contributed by atoms with van der Waals surface area (Å²) >= 11 is 5.95. The zero-order valence-corrected chi connectivity index (χ0v) is 15.4. The van der Waals surface area contributed by atoms with Crippen molar-refractivity contribution in [3.8, 4) is 0 Å². The number of rotatable bonds is 6. The van der Waals surface area contributed by atoms with Crippen LogP contribution >= 0.6 is 11.6 Å². The Bertz CT molecular complexity index is 759. The van der Waals surface area contributed by atoms with Crippen molar-refractivity contribution < 1.29 is 9.59 Å². The molecule has 0 aromatic heterocycles. The molecule has 0 radical (unpaired) electrons. The number of carbonyl (C=O) groups excluding carboxylic acids is 2. The molecule has 2 N–H and O–H groups in total. The Morgan fingerprint density at radius 2 is 1.80 bits per heavy atom. The maximum Gasteiger partial charge on any atom is 0.252 e. The van der Waals surface area contributed by atoms with Gasteiger partial charge in [0.15, 0.2) is 0 Å². The van der Waals surface area contributed by atoms with Gasteiger partial charge >= 0.3 is 0 Å². The lowest BCUT2D eigenvalue weighted by Gasteiger charge is -2.21. The SMILES string of the molecule is Cc1ccccc1C(=O)N[C@H](CC(C)C)C(=O)Nc1cccc(Cl)c1. The minimum absolute atomic E-state index is 0.245. The first-order chi connectivity index (χ1) is 11.9. The summed E-state index contributed by atoms with van der Waals surface area (Å²) in [4.78, 5) is 25.2. The van der Waals surface area contributed by atoms with Gasteiger partial charge in [-0.2, -0.15) is 0 Å². The van der Waals surface area contributed by atoms with E-state index < -0.39 is 6.04 Å². The summed E-state index contributed by atoms with van der Waals surface area (Å²) in [6, 6.07) is 13.6. The van der Waals surface area contributed by atoms with Crippen molar-refractivity contribution in [2.45, 2.75) is 33.2 Å². The molecule has 0 unspecified atom stereocenters. The summed E-state index contributed by atoms with van der Waals surface area (Å²) in [5.41, 5.74) is 2.06. The highest BCUT2D eigenvalue weighted by atomic mass is 35.5. The Morgan fingerprint density at radius 1 is 1.08 bits per heavy atom. The van der Waals surface area contributed by atoms with E-state index in [4.69, 9.17) is 11.6 Å². The molecule has 25 heavy (non-hydrogen) atoms. The first kappa shape index (κ1) is 19.0. The highest BCUT2D eigenvalue weighted by Crippen LogP contribution is 2.16. The molecular weight excluding hydrogens is 336 g/mol. The van der Waals surface area contributed by atoms with Gasteiger partial charge in [0, 0.05) is 16.3 Å². The molecule has 0 saturated heterocycles. The van der Waals surface area contributed by atoms with E-state index in [1.165, 1.54) is 0 Å². The average molecular weight is 359 g/mol. The molecule has 0 fully saturated rings. The molecule has 0 aliphatic heterocycles. The molecule has 2 rings (SSSR count). The standard InChI is InChI=1S/C20H23ClN2O2/c1-13(2)11-18(20(25)22-16-9-6-8-15(21)12-16)23-19(24)17-10-5-4-7-14(17)3/h4-10,12-13,18H,11H2,1-3H3,(H,22,25)(H,23,24)/t18-/m1/s1. The largest absolute Gasteiger partial charge is 0.340 e. The summed E-state index contributed by atoms with van der Waals surface area (Å²) in [5.74, 6) is -0.241. The second-order valence-electron chi connectivity index (χ2n) is 6.47. The van der Waals surface area contributed by atoms with E-state index in [0.29, 0.717) is 22.7 Å². The van der Waals surface area contributed by atoms with E-state index in [2.05, 4.69) is 10.6 Å². The first-order valence-corrected chi connectivity index (χ1v) is 8.67. The molecule has 1 atom stereocenters. The monoisotopic (exact) mass is 358 g/mol. The predicted octanol–water partition coefficient (Wildman–Crippen LogP) is 4.43. The fourth-order valence-corrected chi connectivity index (χ4v) is 2.75. The summed E-state index contributed by atoms with van der Waals surface area (Å²) in [7, 11) is 0. The smallest absolute Gasteiger partial charge is 0.252 e. The Kier molecular flexibility index (Phi) is 6.59. The van der Waals surface area contributed by atoms with Crippen LogP contribution in [-0.2, 0) is 4.79 Å². The molecule has 5 heteroatoms. The van der Waals surface area contributed by atoms with Gasteiger partial charge in [-0.25, -0.2) is 0 Å². The van der Waals surface area contributed by atoms with Gasteiger partial charge < -0.3 is 10.6 Å². The van der Waals surface area contributed by atoms with Gasteiger partial charge in [-0.05, 0) is 49.1 Å². The van der Waals surface area contributed by atoms with Gasteiger partial charge in [-0.3, -0.25) is 9.59 Å². The molecule has 4 nitrogen and oxygen atoms in total. The van der Waals surface area contributed by atoms with Crippen LogP contribution in [0.25, 0.3) is 0 Å². The molecule has 2 aromatic rings. The van der Waals surface area contributed by atoms with Gasteiger partial charge in [0.2, 0.25) is 5.91 Å². The molecule has 2 amide bonds. The molecule has 132 valence electrons. The van der Waals surface area contributed by atoms with Crippen LogP contribution < -0.4 is 10.6 Å². The van der Waals surface area contributed by atoms with Crippen LogP contribution in [0.1, 0.15) is 36.2 Å². The topological polar surface area (TPSA) is 58.2 Å². The van der Waals surface area contributed by atoms with Gasteiger partial charge in [0.05, 0.1) is 0 Å². The number of halogens is 1. The zero-order valence-electron chi connectivity index (χ0n) is 14.7. The molecule has 0 saturated carbocycles. The molecule has 2 aromatic carbocycles. The lowest BCUT2D eigenvalue weighted by atomic mass is 10.0. The van der Waals surface area contributed by atoms with Crippen molar-refractivity contribution in [2.75, 3.05) is 5.32 Å². The quantitative estimate of drug-likeness (QED) is 0.802. The van der Waals surface area contributed by atoms with Crippen LogP contribution in [0, 0.1) is 12.8 Å². The van der Waals surface area contributed by atoms with E-state index in [9.17, 15) is 9.59 Å². The number of nitrogens with one attached hydrogen (secondary N) is 2. The van der Waals surface area contributed by atoms with Crippen LogP contribution in [0.3, 0.4) is 0 Å². The summed E-state index contributed by atoms with van der Waals surface area (Å²) in [6.45, 7) is 5.90. The minimum atomic E-state index is -0.619. The molecule has 0 bridgehead atoms. The van der Waals surface area contributed by atoms with E-state index in [0.717, 1.165) is 5.56 Å². The number of hydrogen-bond donors (Lipinski definition) is 2. The second kappa shape index (κ2) is 8.67. The van der Waals surface area contributed by atoms with Crippen LogP contribution in [0.5, 0.6) is 0 Å². The normalized spacial score (nSPS) is 11.9. The van der Waals surface area contributed by atoms with E-state index in [1.54, 1.807) is 30.3 Å².